The predicted octanol–water partition coefficient (Wildman–Crippen LogP) is 3.15. The van der Waals surface area contributed by atoms with E-state index in [0.717, 1.165) is 23.0 Å². The lowest BCUT2D eigenvalue weighted by molar-refractivity contribution is 0.741. The highest BCUT2D eigenvalue weighted by Gasteiger charge is 2.27. The smallest absolute Gasteiger partial charge is 0.180 e. The lowest BCUT2D eigenvalue weighted by Crippen LogP contribution is -2.08. The van der Waals surface area contributed by atoms with Crippen LogP contribution in [0.15, 0.2) is 12.5 Å². The molecule has 0 unspecified atom stereocenters. The molecule has 1 saturated carbocycles. The monoisotopic (exact) mass is 271 g/mol. The summed E-state index contributed by atoms with van der Waals surface area (Å²) in [4.78, 5) is 13.7. The Morgan fingerprint density at radius 2 is 2.05 bits per heavy atom. The van der Waals surface area contributed by atoms with Gasteiger partial charge in [-0.15, -0.1) is 0 Å². The molecule has 0 saturated heterocycles. The molecule has 0 spiro atoms. The molecular weight excluding hydrogens is 250 g/mol. The zero-order valence-corrected chi connectivity index (χ0v) is 12.5. The minimum absolute atomic E-state index is 0.403. The van der Waals surface area contributed by atoms with Crippen LogP contribution >= 0.6 is 0 Å². The lowest BCUT2D eigenvalue weighted by Gasteiger charge is -2.16. The van der Waals surface area contributed by atoms with Gasteiger partial charge in [-0.2, -0.15) is 0 Å². The third-order valence-electron chi connectivity index (χ3n) is 3.79. The number of imidazole rings is 1. The summed E-state index contributed by atoms with van der Waals surface area (Å²) in [5.74, 6) is 2.09. The molecule has 1 fully saturated rings. The molecule has 0 amide bonds. The molecule has 0 atom stereocenters. The quantitative estimate of drug-likeness (QED) is 0.928. The Hall–Kier alpha value is -1.91. The number of anilines is 1. The van der Waals surface area contributed by atoms with Crippen LogP contribution in [0.5, 0.6) is 0 Å². The van der Waals surface area contributed by atoms with E-state index in [1.807, 2.05) is 19.6 Å². The molecule has 106 valence electrons. The maximum absolute atomic E-state index is 4.70. The maximum Gasteiger partial charge on any atom is 0.180 e. The zero-order chi connectivity index (χ0) is 14.3. The molecule has 2 aromatic rings. The molecular formula is C15H21N5. The lowest BCUT2D eigenvalue weighted by atomic mass is 10.0. The summed E-state index contributed by atoms with van der Waals surface area (Å²) in [6.45, 7) is 6.39. The fourth-order valence-electron chi connectivity index (χ4n) is 2.70. The highest BCUT2D eigenvalue weighted by Crippen LogP contribution is 2.38. The van der Waals surface area contributed by atoms with Gasteiger partial charge in [0.15, 0.2) is 5.82 Å². The van der Waals surface area contributed by atoms with Gasteiger partial charge in [-0.25, -0.2) is 15.0 Å². The Morgan fingerprint density at radius 1 is 1.30 bits per heavy atom. The number of nitrogens with zero attached hydrogens (tertiary/aromatic N) is 4. The van der Waals surface area contributed by atoms with E-state index in [4.69, 9.17) is 9.97 Å². The van der Waals surface area contributed by atoms with Crippen LogP contribution in [0.1, 0.15) is 49.9 Å². The Morgan fingerprint density at radius 3 is 2.65 bits per heavy atom. The van der Waals surface area contributed by atoms with Crippen molar-refractivity contribution in [2.24, 2.45) is 0 Å². The van der Waals surface area contributed by atoms with Crippen LogP contribution in [0.3, 0.4) is 0 Å². The molecule has 0 radical (unpaired) electrons. The van der Waals surface area contributed by atoms with Gasteiger partial charge in [0.25, 0.3) is 0 Å². The van der Waals surface area contributed by atoms with Crippen molar-refractivity contribution in [2.75, 3.05) is 12.4 Å². The normalized spacial score (nSPS) is 14.8. The number of hydrogen-bond acceptors (Lipinski definition) is 4. The number of nitrogens with one attached hydrogen (secondary N) is 1. The van der Waals surface area contributed by atoms with Crippen molar-refractivity contribution in [3.8, 4) is 11.5 Å². The first kappa shape index (κ1) is 13.1. The van der Waals surface area contributed by atoms with Gasteiger partial charge < -0.3 is 9.88 Å². The van der Waals surface area contributed by atoms with E-state index < -0.39 is 0 Å². The van der Waals surface area contributed by atoms with Gasteiger partial charge >= 0.3 is 0 Å². The molecule has 2 heterocycles. The van der Waals surface area contributed by atoms with Gasteiger partial charge in [0.1, 0.15) is 11.5 Å². The highest BCUT2D eigenvalue weighted by atomic mass is 15.1. The maximum atomic E-state index is 4.70. The number of aryl methyl sites for hydroxylation is 1. The topological polar surface area (TPSA) is 55.6 Å². The summed E-state index contributed by atoms with van der Waals surface area (Å²) >= 11 is 0. The van der Waals surface area contributed by atoms with Crippen molar-refractivity contribution < 1.29 is 0 Å². The number of aromatic nitrogens is 4. The van der Waals surface area contributed by atoms with E-state index in [1.54, 1.807) is 0 Å². The third-order valence-corrected chi connectivity index (χ3v) is 3.79. The van der Waals surface area contributed by atoms with Gasteiger partial charge in [0, 0.05) is 24.3 Å². The van der Waals surface area contributed by atoms with E-state index in [-0.39, 0.29) is 0 Å². The molecule has 0 bridgehead atoms. The standard InChI is InChI=1S/C15H21N5/c1-9(2)13-10(3)18-14(19-15(13)16-4)12-7-17-8-20(12)11-5-6-11/h7-9,11H,5-6H2,1-4H3,(H,16,18,19). The van der Waals surface area contributed by atoms with Crippen LogP contribution in [0, 0.1) is 6.92 Å². The second kappa shape index (κ2) is 4.89. The van der Waals surface area contributed by atoms with Crippen molar-refractivity contribution in [2.45, 2.75) is 45.6 Å². The van der Waals surface area contributed by atoms with E-state index in [0.29, 0.717) is 12.0 Å². The molecule has 5 nitrogen and oxygen atoms in total. The second-order valence-corrected chi connectivity index (χ2v) is 5.72. The molecule has 1 aliphatic carbocycles. The molecule has 0 aliphatic heterocycles. The van der Waals surface area contributed by atoms with Crippen LogP contribution in [0.25, 0.3) is 11.5 Å². The largest absolute Gasteiger partial charge is 0.373 e. The summed E-state index contributed by atoms with van der Waals surface area (Å²) < 4.78 is 2.20. The van der Waals surface area contributed by atoms with Crippen LogP contribution in [-0.2, 0) is 0 Å². The van der Waals surface area contributed by atoms with Gasteiger partial charge in [-0.1, -0.05) is 13.8 Å². The average molecular weight is 271 g/mol. The number of rotatable bonds is 4. The summed E-state index contributed by atoms with van der Waals surface area (Å²) in [6.07, 6.45) is 6.21. The molecule has 1 N–H and O–H groups in total. The fourth-order valence-corrected chi connectivity index (χ4v) is 2.70. The average Bonchev–Trinajstić information content (AvgIpc) is 3.14. The summed E-state index contributed by atoms with van der Waals surface area (Å²) in [5.41, 5.74) is 3.24. The Labute approximate surface area is 119 Å². The van der Waals surface area contributed by atoms with Gasteiger partial charge in [-0.3, -0.25) is 0 Å². The Kier molecular flexibility index (Phi) is 3.20. The van der Waals surface area contributed by atoms with E-state index in [2.05, 4.69) is 35.6 Å². The second-order valence-electron chi connectivity index (χ2n) is 5.72. The molecule has 0 aromatic carbocycles. The Bertz CT molecular complexity index is 625. The van der Waals surface area contributed by atoms with Crippen molar-refractivity contribution >= 4 is 5.82 Å². The van der Waals surface area contributed by atoms with Gasteiger partial charge in [0.2, 0.25) is 0 Å². The van der Waals surface area contributed by atoms with E-state index in [1.165, 1.54) is 18.4 Å². The minimum atomic E-state index is 0.403. The SMILES string of the molecule is CNc1nc(-c2cncn2C2CC2)nc(C)c1C(C)C. The molecule has 5 heteroatoms. The van der Waals surface area contributed by atoms with Crippen molar-refractivity contribution in [3.05, 3.63) is 23.8 Å². The van der Waals surface area contributed by atoms with Crippen LogP contribution in [0.2, 0.25) is 0 Å². The predicted molar refractivity (Wildman–Crippen MR) is 79.9 cm³/mol. The fraction of sp³-hybridized carbons (Fsp3) is 0.533. The first-order chi connectivity index (χ1) is 9.61. The first-order valence-corrected chi connectivity index (χ1v) is 7.20. The van der Waals surface area contributed by atoms with Crippen molar-refractivity contribution in [3.63, 3.8) is 0 Å². The molecule has 1 aliphatic rings. The summed E-state index contributed by atoms with van der Waals surface area (Å²) in [7, 11) is 1.91. The van der Waals surface area contributed by atoms with Crippen molar-refractivity contribution in [1.82, 2.24) is 19.5 Å². The molecule has 2 aromatic heterocycles. The number of hydrogen-bond donors (Lipinski definition) is 1. The van der Waals surface area contributed by atoms with Crippen LogP contribution in [0.4, 0.5) is 5.82 Å². The molecule has 20 heavy (non-hydrogen) atoms. The Balaban J connectivity index is 2.10. The summed E-state index contributed by atoms with van der Waals surface area (Å²) in [5, 5.41) is 3.20. The molecule has 3 rings (SSSR count). The summed E-state index contributed by atoms with van der Waals surface area (Å²) in [6, 6.07) is 0.583. The van der Waals surface area contributed by atoms with Crippen LogP contribution in [-0.4, -0.2) is 26.6 Å². The van der Waals surface area contributed by atoms with E-state index >= 15 is 0 Å². The zero-order valence-electron chi connectivity index (χ0n) is 12.5. The van der Waals surface area contributed by atoms with Gasteiger partial charge in [-0.05, 0) is 25.7 Å². The van der Waals surface area contributed by atoms with Crippen molar-refractivity contribution in [1.29, 1.82) is 0 Å². The third kappa shape index (κ3) is 2.17. The van der Waals surface area contributed by atoms with Gasteiger partial charge in [0.05, 0.1) is 12.5 Å². The first-order valence-electron chi connectivity index (χ1n) is 7.20. The van der Waals surface area contributed by atoms with E-state index in [9.17, 15) is 0 Å². The minimum Gasteiger partial charge on any atom is -0.373 e. The highest BCUT2D eigenvalue weighted by molar-refractivity contribution is 5.57. The van der Waals surface area contributed by atoms with Crippen LogP contribution < -0.4 is 5.32 Å².